The van der Waals surface area contributed by atoms with E-state index in [1.54, 1.807) is 24.8 Å². The summed E-state index contributed by atoms with van der Waals surface area (Å²) >= 11 is 0. The number of rotatable bonds is 5. The maximum absolute atomic E-state index is 13.0. The van der Waals surface area contributed by atoms with E-state index in [2.05, 4.69) is 4.90 Å². The average molecular weight is 349 g/mol. The zero-order valence-electron chi connectivity index (χ0n) is 15.4. The summed E-state index contributed by atoms with van der Waals surface area (Å²) in [4.78, 5) is 27.9. The van der Waals surface area contributed by atoms with Crippen molar-refractivity contribution in [3.8, 4) is 0 Å². The molecule has 7 heteroatoms. The topological polar surface area (TPSA) is 86.9 Å². The van der Waals surface area contributed by atoms with Crippen molar-refractivity contribution in [2.45, 2.75) is 40.2 Å². The largest absolute Gasteiger partial charge is 0.395 e. The number of aliphatic hydroxyl groups is 1. The molecule has 138 valence electrons. The monoisotopic (exact) mass is 349 g/mol. The van der Waals surface area contributed by atoms with E-state index in [0.717, 1.165) is 12.0 Å². The Bertz CT molecular complexity index is 663. The first kappa shape index (κ1) is 19.3. The SMILES string of the molecule is CCC(CO)N1CCN(C(=O)c2c(C)cc(C)c([N+](=O)[O-])c2C)CC1. The summed E-state index contributed by atoms with van der Waals surface area (Å²) in [5.41, 5.74) is 2.26. The molecule has 1 atom stereocenters. The molecule has 1 unspecified atom stereocenters. The number of benzene rings is 1. The third-order valence-electron chi connectivity index (χ3n) is 5.13. The highest BCUT2D eigenvalue weighted by Crippen LogP contribution is 2.30. The predicted molar refractivity (Wildman–Crippen MR) is 95.9 cm³/mol. The van der Waals surface area contributed by atoms with Crippen LogP contribution in [0.1, 0.15) is 40.4 Å². The molecule has 1 aromatic carbocycles. The second kappa shape index (κ2) is 7.93. The summed E-state index contributed by atoms with van der Waals surface area (Å²) in [5.74, 6) is -0.144. The first-order chi connectivity index (χ1) is 11.8. The van der Waals surface area contributed by atoms with Crippen LogP contribution in [0.4, 0.5) is 5.69 Å². The number of aryl methyl sites for hydroxylation is 2. The summed E-state index contributed by atoms with van der Waals surface area (Å²) in [7, 11) is 0. The van der Waals surface area contributed by atoms with Gasteiger partial charge in [-0.05, 0) is 38.8 Å². The predicted octanol–water partition coefficient (Wildman–Crippen LogP) is 2.05. The molecular weight excluding hydrogens is 322 g/mol. The quantitative estimate of drug-likeness (QED) is 0.649. The van der Waals surface area contributed by atoms with Gasteiger partial charge in [0.25, 0.3) is 11.6 Å². The molecule has 25 heavy (non-hydrogen) atoms. The average Bonchev–Trinajstić information content (AvgIpc) is 2.55. The molecule has 0 spiro atoms. The smallest absolute Gasteiger partial charge is 0.275 e. The number of carbonyl (C=O) groups excluding carboxylic acids is 1. The van der Waals surface area contributed by atoms with E-state index in [4.69, 9.17) is 0 Å². The van der Waals surface area contributed by atoms with Crippen molar-refractivity contribution in [1.82, 2.24) is 9.80 Å². The lowest BCUT2D eigenvalue weighted by Crippen LogP contribution is -2.52. The van der Waals surface area contributed by atoms with E-state index in [9.17, 15) is 20.0 Å². The number of hydrogen-bond acceptors (Lipinski definition) is 5. The van der Waals surface area contributed by atoms with Crippen LogP contribution in [0.25, 0.3) is 0 Å². The van der Waals surface area contributed by atoms with Crippen molar-refractivity contribution in [2.24, 2.45) is 0 Å². The highest BCUT2D eigenvalue weighted by atomic mass is 16.6. The van der Waals surface area contributed by atoms with Gasteiger partial charge in [-0.15, -0.1) is 0 Å². The fraction of sp³-hybridized carbons (Fsp3) is 0.611. The third-order valence-corrected chi connectivity index (χ3v) is 5.13. The molecule has 1 aliphatic rings. The minimum atomic E-state index is -0.411. The molecule has 1 saturated heterocycles. The minimum Gasteiger partial charge on any atom is -0.395 e. The number of piperazine rings is 1. The van der Waals surface area contributed by atoms with Gasteiger partial charge in [0.2, 0.25) is 0 Å². The van der Waals surface area contributed by atoms with Crippen molar-refractivity contribution < 1.29 is 14.8 Å². The van der Waals surface area contributed by atoms with Gasteiger partial charge >= 0.3 is 0 Å². The number of aliphatic hydroxyl groups excluding tert-OH is 1. The fourth-order valence-corrected chi connectivity index (χ4v) is 3.74. The number of carbonyl (C=O) groups is 1. The van der Waals surface area contributed by atoms with Gasteiger partial charge in [-0.2, -0.15) is 0 Å². The van der Waals surface area contributed by atoms with E-state index in [0.29, 0.717) is 42.9 Å². The van der Waals surface area contributed by atoms with Crippen molar-refractivity contribution >= 4 is 11.6 Å². The van der Waals surface area contributed by atoms with Crippen LogP contribution < -0.4 is 0 Å². The minimum absolute atomic E-state index is 0.0268. The van der Waals surface area contributed by atoms with Crippen LogP contribution in [-0.2, 0) is 0 Å². The van der Waals surface area contributed by atoms with Crippen molar-refractivity contribution in [3.63, 3.8) is 0 Å². The number of hydrogen-bond donors (Lipinski definition) is 1. The van der Waals surface area contributed by atoms with E-state index in [1.165, 1.54) is 0 Å². The highest BCUT2D eigenvalue weighted by molar-refractivity contribution is 5.98. The molecule has 1 amide bonds. The molecule has 2 rings (SSSR count). The maximum atomic E-state index is 13.0. The highest BCUT2D eigenvalue weighted by Gasteiger charge is 2.30. The third kappa shape index (κ3) is 3.82. The second-order valence-electron chi connectivity index (χ2n) is 6.69. The zero-order valence-corrected chi connectivity index (χ0v) is 15.4. The first-order valence-corrected chi connectivity index (χ1v) is 8.71. The Morgan fingerprint density at radius 1 is 1.24 bits per heavy atom. The Kier molecular flexibility index (Phi) is 6.13. The molecular formula is C18H27N3O4. The van der Waals surface area contributed by atoms with Crippen molar-refractivity contribution in [2.75, 3.05) is 32.8 Å². The summed E-state index contributed by atoms with van der Waals surface area (Å²) < 4.78 is 0. The second-order valence-corrected chi connectivity index (χ2v) is 6.69. The molecule has 0 bridgehead atoms. The Balaban J connectivity index is 2.23. The molecule has 1 fully saturated rings. The van der Waals surface area contributed by atoms with E-state index in [-0.39, 0.29) is 24.2 Å². The molecule has 1 heterocycles. The van der Waals surface area contributed by atoms with Crippen LogP contribution in [-0.4, -0.2) is 64.6 Å². The Labute approximate surface area is 148 Å². The molecule has 0 aliphatic carbocycles. The van der Waals surface area contributed by atoms with Gasteiger partial charge in [0.15, 0.2) is 0 Å². The van der Waals surface area contributed by atoms with Gasteiger partial charge in [0.1, 0.15) is 0 Å². The standard InChI is InChI=1S/C18H27N3O4/c1-5-15(11-22)19-6-8-20(9-7-19)18(23)16-12(2)10-13(3)17(14(16)4)21(24)25/h10,15,22H,5-9,11H2,1-4H3. The van der Waals surface area contributed by atoms with Gasteiger partial charge in [0, 0.05) is 43.3 Å². The zero-order chi connectivity index (χ0) is 18.7. The number of nitro groups is 1. The Hall–Kier alpha value is -1.99. The molecule has 1 aromatic rings. The fourth-order valence-electron chi connectivity index (χ4n) is 3.74. The van der Waals surface area contributed by atoms with Crippen LogP contribution >= 0.6 is 0 Å². The Morgan fingerprint density at radius 2 is 1.84 bits per heavy atom. The van der Waals surface area contributed by atoms with Crippen LogP contribution in [0.2, 0.25) is 0 Å². The first-order valence-electron chi connectivity index (χ1n) is 8.71. The van der Waals surface area contributed by atoms with Crippen LogP contribution in [0.15, 0.2) is 6.07 Å². The molecule has 1 aliphatic heterocycles. The Morgan fingerprint density at radius 3 is 2.32 bits per heavy atom. The van der Waals surface area contributed by atoms with Crippen LogP contribution in [0.3, 0.4) is 0 Å². The molecule has 0 radical (unpaired) electrons. The summed E-state index contributed by atoms with van der Waals surface area (Å²) in [5, 5.41) is 20.8. The summed E-state index contributed by atoms with van der Waals surface area (Å²) in [6.07, 6.45) is 0.868. The lowest BCUT2D eigenvalue weighted by Gasteiger charge is -2.38. The molecule has 0 aromatic heterocycles. The normalized spacial score (nSPS) is 16.8. The molecule has 1 N–H and O–H groups in total. The van der Waals surface area contributed by atoms with Crippen LogP contribution in [0.5, 0.6) is 0 Å². The lowest BCUT2D eigenvalue weighted by molar-refractivity contribution is -0.386. The van der Waals surface area contributed by atoms with Gasteiger partial charge in [-0.1, -0.05) is 6.92 Å². The van der Waals surface area contributed by atoms with Crippen molar-refractivity contribution in [1.29, 1.82) is 0 Å². The van der Waals surface area contributed by atoms with Gasteiger partial charge < -0.3 is 10.0 Å². The van der Waals surface area contributed by atoms with Gasteiger partial charge in [-0.25, -0.2) is 0 Å². The van der Waals surface area contributed by atoms with Gasteiger partial charge in [-0.3, -0.25) is 19.8 Å². The maximum Gasteiger partial charge on any atom is 0.275 e. The number of nitrogens with zero attached hydrogens (tertiary/aromatic N) is 3. The number of nitro benzene ring substituents is 1. The van der Waals surface area contributed by atoms with Gasteiger partial charge in [0.05, 0.1) is 17.1 Å². The molecule has 7 nitrogen and oxygen atoms in total. The van der Waals surface area contributed by atoms with E-state index >= 15 is 0 Å². The van der Waals surface area contributed by atoms with E-state index < -0.39 is 4.92 Å². The van der Waals surface area contributed by atoms with Crippen molar-refractivity contribution in [3.05, 3.63) is 38.4 Å². The lowest BCUT2D eigenvalue weighted by atomic mass is 9.96. The molecule has 0 saturated carbocycles. The van der Waals surface area contributed by atoms with Crippen LogP contribution in [0, 0.1) is 30.9 Å². The summed E-state index contributed by atoms with van der Waals surface area (Å²) in [6.45, 7) is 9.88. The number of amides is 1. The summed E-state index contributed by atoms with van der Waals surface area (Å²) in [6, 6.07) is 1.84. The van der Waals surface area contributed by atoms with E-state index in [1.807, 2.05) is 13.8 Å².